The van der Waals surface area contributed by atoms with Gasteiger partial charge in [0.1, 0.15) is 6.33 Å². The van der Waals surface area contributed by atoms with E-state index in [0.717, 1.165) is 0 Å². The molecule has 0 unspecified atom stereocenters. The van der Waals surface area contributed by atoms with Crippen molar-refractivity contribution in [3.8, 4) is 23.1 Å². The van der Waals surface area contributed by atoms with E-state index in [4.69, 9.17) is 9.47 Å². The molecule has 4 heteroatoms. The van der Waals surface area contributed by atoms with Crippen molar-refractivity contribution < 1.29 is 9.47 Å². The predicted molar refractivity (Wildman–Crippen MR) is 48.6 cm³/mol. The lowest BCUT2D eigenvalue weighted by atomic mass is 10.3. The molecule has 4 nitrogen and oxygen atoms in total. The molecule has 0 saturated carbocycles. The van der Waals surface area contributed by atoms with Crippen LogP contribution in [0.5, 0.6) is 23.1 Å². The number of fused-ring (bicyclic) bond motifs is 2. The number of aromatic nitrogens is 2. The number of nitrogens with zero attached hydrogens (tertiary/aromatic N) is 2. The van der Waals surface area contributed by atoms with Crippen molar-refractivity contribution in [2.24, 2.45) is 0 Å². The SMILES string of the molecule is c1ccc2c(c1)Oc1cncnc1O2. The summed E-state index contributed by atoms with van der Waals surface area (Å²) in [6.07, 6.45) is 3.01. The van der Waals surface area contributed by atoms with E-state index in [0.29, 0.717) is 23.1 Å². The van der Waals surface area contributed by atoms with Gasteiger partial charge in [0.15, 0.2) is 11.5 Å². The molecule has 3 rings (SSSR count). The van der Waals surface area contributed by atoms with Crippen LogP contribution >= 0.6 is 0 Å². The van der Waals surface area contributed by atoms with E-state index in [1.54, 1.807) is 6.20 Å². The van der Waals surface area contributed by atoms with Gasteiger partial charge in [0.25, 0.3) is 5.88 Å². The fourth-order valence-corrected chi connectivity index (χ4v) is 1.29. The number of hydrogen-bond donors (Lipinski definition) is 0. The summed E-state index contributed by atoms with van der Waals surface area (Å²) in [5, 5.41) is 0. The normalized spacial score (nSPS) is 12.0. The molecule has 1 aromatic carbocycles. The Morgan fingerprint density at radius 3 is 2.57 bits per heavy atom. The highest BCUT2D eigenvalue weighted by molar-refractivity contribution is 5.50. The van der Waals surface area contributed by atoms with Crippen molar-refractivity contribution in [3.63, 3.8) is 0 Å². The summed E-state index contributed by atoms with van der Waals surface area (Å²) in [5.74, 6) is 2.37. The first-order valence-corrected chi connectivity index (χ1v) is 4.18. The Balaban J connectivity index is 2.12. The van der Waals surface area contributed by atoms with Gasteiger partial charge in [0.2, 0.25) is 5.75 Å². The standard InChI is InChI=1S/C10H6N2O2/c1-2-4-8-7(3-1)13-9-5-11-6-12-10(9)14-8/h1-6H. The number of ether oxygens (including phenoxy) is 2. The maximum atomic E-state index is 5.53. The highest BCUT2D eigenvalue weighted by Crippen LogP contribution is 2.42. The summed E-state index contributed by atoms with van der Waals surface area (Å²) < 4.78 is 11.0. The quantitative estimate of drug-likeness (QED) is 0.540. The fourth-order valence-electron chi connectivity index (χ4n) is 1.29. The molecule has 0 bridgehead atoms. The van der Waals surface area contributed by atoms with E-state index in [1.807, 2.05) is 24.3 Å². The summed E-state index contributed by atoms with van der Waals surface area (Å²) in [4.78, 5) is 7.81. The van der Waals surface area contributed by atoms with Gasteiger partial charge < -0.3 is 9.47 Å². The van der Waals surface area contributed by atoms with Crippen LogP contribution in [-0.2, 0) is 0 Å². The fraction of sp³-hybridized carbons (Fsp3) is 0. The van der Waals surface area contributed by atoms with E-state index >= 15 is 0 Å². The lowest BCUT2D eigenvalue weighted by molar-refractivity contribution is 0.345. The number of hydrogen-bond acceptors (Lipinski definition) is 4. The molecule has 1 aliphatic heterocycles. The molecule has 0 fully saturated rings. The smallest absolute Gasteiger partial charge is 0.266 e. The van der Waals surface area contributed by atoms with E-state index < -0.39 is 0 Å². The van der Waals surface area contributed by atoms with Gasteiger partial charge in [-0.2, -0.15) is 4.98 Å². The van der Waals surface area contributed by atoms with E-state index in [1.165, 1.54) is 6.33 Å². The van der Waals surface area contributed by atoms with Gasteiger partial charge in [-0.3, -0.25) is 0 Å². The second-order valence-electron chi connectivity index (χ2n) is 2.84. The van der Waals surface area contributed by atoms with Crippen LogP contribution in [0.15, 0.2) is 36.8 Å². The minimum absolute atomic E-state index is 0.457. The Hall–Kier alpha value is -2.10. The van der Waals surface area contributed by atoms with Crippen molar-refractivity contribution >= 4 is 0 Å². The highest BCUT2D eigenvalue weighted by atomic mass is 16.6. The topological polar surface area (TPSA) is 44.2 Å². The average molecular weight is 186 g/mol. The molecule has 1 aliphatic rings. The summed E-state index contributed by atoms with van der Waals surface area (Å²) >= 11 is 0. The Morgan fingerprint density at radius 2 is 1.71 bits per heavy atom. The van der Waals surface area contributed by atoms with Crippen molar-refractivity contribution in [3.05, 3.63) is 36.8 Å². The maximum absolute atomic E-state index is 5.53. The third-order valence-corrected chi connectivity index (χ3v) is 1.92. The third kappa shape index (κ3) is 1.01. The zero-order valence-electron chi connectivity index (χ0n) is 7.18. The Kier molecular flexibility index (Phi) is 1.41. The Labute approximate surface area is 80.1 Å². The second kappa shape index (κ2) is 2.70. The molecule has 0 amide bonds. The molecule has 0 N–H and O–H groups in total. The number of para-hydroxylation sites is 2. The van der Waals surface area contributed by atoms with Crippen LogP contribution in [0.4, 0.5) is 0 Å². The third-order valence-electron chi connectivity index (χ3n) is 1.92. The molecule has 14 heavy (non-hydrogen) atoms. The van der Waals surface area contributed by atoms with E-state index in [2.05, 4.69) is 9.97 Å². The van der Waals surface area contributed by atoms with Gasteiger partial charge in [-0.05, 0) is 12.1 Å². The van der Waals surface area contributed by atoms with Crippen LogP contribution < -0.4 is 9.47 Å². The predicted octanol–water partition coefficient (Wildman–Crippen LogP) is 2.37. The summed E-state index contributed by atoms with van der Waals surface area (Å²) in [5.41, 5.74) is 0. The molecule has 2 heterocycles. The molecular formula is C10H6N2O2. The number of rotatable bonds is 0. The largest absolute Gasteiger partial charge is 0.446 e. The van der Waals surface area contributed by atoms with Gasteiger partial charge in [-0.1, -0.05) is 12.1 Å². The van der Waals surface area contributed by atoms with Crippen LogP contribution in [0.1, 0.15) is 0 Å². The summed E-state index contributed by atoms with van der Waals surface area (Å²) in [6, 6.07) is 7.44. The molecule has 68 valence electrons. The van der Waals surface area contributed by atoms with Gasteiger partial charge in [-0.25, -0.2) is 4.98 Å². The van der Waals surface area contributed by atoms with Crippen molar-refractivity contribution in [2.45, 2.75) is 0 Å². The molecule has 0 radical (unpaired) electrons. The van der Waals surface area contributed by atoms with Gasteiger partial charge in [-0.15, -0.1) is 0 Å². The zero-order valence-corrected chi connectivity index (χ0v) is 7.18. The highest BCUT2D eigenvalue weighted by Gasteiger charge is 2.18. The molecule has 2 aromatic rings. The monoisotopic (exact) mass is 186 g/mol. The lowest BCUT2D eigenvalue weighted by Crippen LogP contribution is -2.00. The van der Waals surface area contributed by atoms with E-state index in [9.17, 15) is 0 Å². The molecule has 0 atom stereocenters. The van der Waals surface area contributed by atoms with Crippen molar-refractivity contribution in [2.75, 3.05) is 0 Å². The van der Waals surface area contributed by atoms with Gasteiger partial charge >= 0.3 is 0 Å². The summed E-state index contributed by atoms with van der Waals surface area (Å²) in [7, 11) is 0. The Bertz CT molecular complexity index is 398. The van der Waals surface area contributed by atoms with Crippen LogP contribution in [0, 0.1) is 0 Å². The van der Waals surface area contributed by atoms with Crippen LogP contribution in [0.25, 0.3) is 0 Å². The maximum Gasteiger partial charge on any atom is 0.266 e. The molecule has 0 saturated heterocycles. The van der Waals surface area contributed by atoms with Crippen molar-refractivity contribution in [1.82, 2.24) is 9.97 Å². The first-order chi connectivity index (χ1) is 6.93. The van der Waals surface area contributed by atoms with Crippen LogP contribution in [0.3, 0.4) is 0 Å². The minimum atomic E-state index is 0.457. The average Bonchev–Trinajstić information content (AvgIpc) is 2.26. The molecular weight excluding hydrogens is 180 g/mol. The molecule has 1 aromatic heterocycles. The molecule has 0 spiro atoms. The first kappa shape index (κ1) is 7.32. The number of benzene rings is 1. The summed E-state index contributed by atoms with van der Waals surface area (Å²) in [6.45, 7) is 0. The first-order valence-electron chi connectivity index (χ1n) is 4.18. The van der Waals surface area contributed by atoms with Crippen LogP contribution in [0.2, 0.25) is 0 Å². The van der Waals surface area contributed by atoms with Crippen molar-refractivity contribution in [1.29, 1.82) is 0 Å². The molecule has 0 aliphatic carbocycles. The minimum Gasteiger partial charge on any atom is -0.446 e. The van der Waals surface area contributed by atoms with Crippen LogP contribution in [-0.4, -0.2) is 9.97 Å². The Morgan fingerprint density at radius 1 is 0.929 bits per heavy atom. The van der Waals surface area contributed by atoms with E-state index in [-0.39, 0.29) is 0 Å². The second-order valence-corrected chi connectivity index (χ2v) is 2.84. The van der Waals surface area contributed by atoms with Gasteiger partial charge in [0.05, 0.1) is 6.20 Å². The lowest BCUT2D eigenvalue weighted by Gasteiger charge is -2.17. The van der Waals surface area contributed by atoms with Gasteiger partial charge in [0, 0.05) is 0 Å². The zero-order chi connectivity index (χ0) is 9.38.